The molecule has 0 aromatic heterocycles. The van der Waals surface area contributed by atoms with Crippen molar-refractivity contribution in [2.24, 2.45) is 5.92 Å². The third-order valence-electron chi connectivity index (χ3n) is 5.42. The van der Waals surface area contributed by atoms with Crippen LogP contribution in [0.5, 0.6) is 0 Å². The van der Waals surface area contributed by atoms with Crippen molar-refractivity contribution in [3.63, 3.8) is 0 Å². The van der Waals surface area contributed by atoms with Crippen LogP contribution in [-0.2, 0) is 24.7 Å². The molecule has 1 aliphatic heterocycles. The summed E-state index contributed by atoms with van der Waals surface area (Å²) >= 11 is 0. The Morgan fingerprint density at radius 3 is 2.54 bits per heavy atom. The third-order valence-corrected chi connectivity index (χ3v) is 5.42. The second-order valence-electron chi connectivity index (χ2n) is 7.25. The van der Waals surface area contributed by atoms with Gasteiger partial charge in [-0.1, -0.05) is 50.1 Å². The van der Waals surface area contributed by atoms with E-state index in [2.05, 4.69) is 10.7 Å². The molecule has 0 bridgehead atoms. The van der Waals surface area contributed by atoms with E-state index >= 15 is 0 Å². The molecule has 1 aliphatic carbocycles. The second kappa shape index (κ2) is 8.41. The highest BCUT2D eigenvalue weighted by molar-refractivity contribution is 6.08. The lowest BCUT2D eigenvalue weighted by Crippen LogP contribution is -2.49. The Labute approximate surface area is 163 Å². The molecule has 3 rings (SSSR count). The molecule has 0 unspecified atom stereocenters. The number of nitrogens with zero attached hydrogens (tertiary/aromatic N) is 1. The minimum absolute atomic E-state index is 0.295. The predicted molar refractivity (Wildman–Crippen MR) is 99.5 cm³/mol. The molecule has 150 valence electrons. The van der Waals surface area contributed by atoms with E-state index in [1.165, 1.54) is 0 Å². The first kappa shape index (κ1) is 19.9. The van der Waals surface area contributed by atoms with Gasteiger partial charge in [-0.3, -0.25) is 19.8 Å². The number of hydrogen-bond donors (Lipinski definition) is 2. The summed E-state index contributed by atoms with van der Waals surface area (Å²) in [5.74, 6) is -1.43. The van der Waals surface area contributed by atoms with Crippen molar-refractivity contribution >= 4 is 23.8 Å². The van der Waals surface area contributed by atoms with Crippen molar-refractivity contribution in [3.05, 3.63) is 35.9 Å². The molecule has 1 aromatic carbocycles. The lowest BCUT2D eigenvalue weighted by Gasteiger charge is -2.25. The highest BCUT2D eigenvalue weighted by Gasteiger charge is 2.52. The number of esters is 1. The average molecular weight is 387 g/mol. The molecule has 1 heterocycles. The zero-order valence-electron chi connectivity index (χ0n) is 15.9. The summed E-state index contributed by atoms with van der Waals surface area (Å²) in [5.41, 5.74) is 1.65. The van der Waals surface area contributed by atoms with Gasteiger partial charge in [0.05, 0.1) is 0 Å². The Kier molecular flexibility index (Phi) is 5.96. The van der Waals surface area contributed by atoms with E-state index in [0.29, 0.717) is 29.3 Å². The minimum Gasteiger partial charge on any atom is -0.455 e. The number of nitrogens with one attached hydrogen (secondary N) is 2. The molecule has 2 aliphatic rings. The first-order valence-corrected chi connectivity index (χ1v) is 9.63. The fraction of sp³-hybridized carbons (Fsp3) is 0.500. The van der Waals surface area contributed by atoms with Crippen LogP contribution >= 0.6 is 0 Å². The highest BCUT2D eigenvalue weighted by atomic mass is 16.5. The van der Waals surface area contributed by atoms with Crippen LogP contribution in [0.2, 0.25) is 0 Å². The number of imide groups is 1. The van der Waals surface area contributed by atoms with Crippen LogP contribution in [-0.4, -0.2) is 35.4 Å². The third kappa shape index (κ3) is 4.00. The van der Waals surface area contributed by atoms with Gasteiger partial charge in [0.1, 0.15) is 5.54 Å². The number of urea groups is 1. The van der Waals surface area contributed by atoms with Crippen LogP contribution in [0, 0.1) is 5.92 Å². The zero-order chi connectivity index (χ0) is 20.1. The predicted octanol–water partition coefficient (Wildman–Crippen LogP) is 2.00. The molecular weight excluding hydrogens is 362 g/mol. The Hall–Kier alpha value is -2.90. The van der Waals surface area contributed by atoms with Gasteiger partial charge in [0.2, 0.25) is 0 Å². The van der Waals surface area contributed by atoms with Crippen LogP contribution in [0.4, 0.5) is 4.79 Å². The van der Waals surface area contributed by atoms with Crippen molar-refractivity contribution in [2.75, 3.05) is 6.61 Å². The van der Waals surface area contributed by atoms with Gasteiger partial charge < -0.3 is 10.1 Å². The smallest absolute Gasteiger partial charge is 0.344 e. The van der Waals surface area contributed by atoms with E-state index < -0.39 is 36.0 Å². The van der Waals surface area contributed by atoms with Gasteiger partial charge in [-0.05, 0) is 30.7 Å². The summed E-state index contributed by atoms with van der Waals surface area (Å²) < 4.78 is 4.99. The normalized spacial score (nSPS) is 22.2. The Morgan fingerprint density at radius 2 is 1.89 bits per heavy atom. The van der Waals surface area contributed by atoms with E-state index in [-0.39, 0.29) is 0 Å². The van der Waals surface area contributed by atoms with Crippen LogP contribution in [0.3, 0.4) is 0 Å². The number of hydrogen-bond acceptors (Lipinski definition) is 5. The first-order valence-electron chi connectivity index (χ1n) is 9.63. The van der Waals surface area contributed by atoms with Gasteiger partial charge in [-0.25, -0.2) is 4.79 Å². The highest BCUT2D eigenvalue weighted by Crippen LogP contribution is 2.31. The van der Waals surface area contributed by atoms with E-state index in [1.54, 1.807) is 31.2 Å². The SMILES string of the molecule is CC[C@]1(c2ccccc2)NC(=O)N(NC(=O)COC(=O)CC2CCCC2)C1=O. The molecule has 2 N–H and O–H groups in total. The Morgan fingerprint density at radius 1 is 1.21 bits per heavy atom. The molecule has 1 saturated heterocycles. The van der Waals surface area contributed by atoms with Crippen molar-refractivity contribution in [1.82, 2.24) is 15.8 Å². The first-order chi connectivity index (χ1) is 13.5. The summed E-state index contributed by atoms with van der Waals surface area (Å²) in [6.07, 6.45) is 4.86. The number of carbonyl (C=O) groups excluding carboxylic acids is 4. The number of amides is 4. The van der Waals surface area contributed by atoms with E-state index in [1.807, 2.05) is 6.07 Å². The summed E-state index contributed by atoms with van der Waals surface area (Å²) in [5, 5.41) is 3.32. The topological polar surface area (TPSA) is 105 Å². The lowest BCUT2D eigenvalue weighted by atomic mass is 9.87. The largest absolute Gasteiger partial charge is 0.455 e. The van der Waals surface area contributed by atoms with Crippen molar-refractivity contribution in [3.8, 4) is 0 Å². The Balaban J connectivity index is 1.57. The number of rotatable bonds is 7. The van der Waals surface area contributed by atoms with Crippen LogP contribution in [0.1, 0.15) is 51.0 Å². The van der Waals surface area contributed by atoms with E-state index in [9.17, 15) is 19.2 Å². The fourth-order valence-electron chi connectivity index (χ4n) is 3.85. The molecule has 2 fully saturated rings. The maximum atomic E-state index is 12.9. The maximum absolute atomic E-state index is 12.9. The molecule has 0 radical (unpaired) electrons. The monoisotopic (exact) mass is 387 g/mol. The standard InChI is InChI=1S/C20H25N3O5/c1-2-20(15-10-4-3-5-11-15)18(26)23(19(27)21-20)22-16(24)13-28-17(25)12-14-8-6-7-9-14/h3-5,10-11,14H,2,6-9,12-13H2,1H3,(H,21,27)(H,22,24)/t20-/m1/s1. The van der Waals surface area contributed by atoms with Gasteiger partial charge >= 0.3 is 12.0 Å². The van der Waals surface area contributed by atoms with Crippen LogP contribution in [0.15, 0.2) is 30.3 Å². The summed E-state index contributed by atoms with van der Waals surface area (Å²) in [6.45, 7) is 1.24. The van der Waals surface area contributed by atoms with Crippen LogP contribution < -0.4 is 10.7 Å². The van der Waals surface area contributed by atoms with Crippen molar-refractivity contribution in [1.29, 1.82) is 0 Å². The summed E-state index contributed by atoms with van der Waals surface area (Å²) in [4.78, 5) is 49.1. The number of ether oxygens (including phenoxy) is 1. The average Bonchev–Trinajstić information content (AvgIpc) is 3.29. The molecule has 8 heteroatoms. The number of benzene rings is 1. The number of hydrazine groups is 1. The van der Waals surface area contributed by atoms with Crippen molar-refractivity contribution < 1.29 is 23.9 Å². The van der Waals surface area contributed by atoms with Crippen molar-refractivity contribution in [2.45, 2.75) is 51.0 Å². The molecule has 28 heavy (non-hydrogen) atoms. The van der Waals surface area contributed by atoms with E-state index in [4.69, 9.17) is 4.74 Å². The van der Waals surface area contributed by atoms with Gasteiger partial charge in [0, 0.05) is 6.42 Å². The molecule has 4 amide bonds. The zero-order valence-corrected chi connectivity index (χ0v) is 15.9. The summed E-state index contributed by atoms with van der Waals surface area (Å²) in [6, 6.07) is 8.14. The fourth-order valence-corrected chi connectivity index (χ4v) is 3.85. The molecule has 1 atom stereocenters. The van der Waals surface area contributed by atoms with Gasteiger partial charge in [0.15, 0.2) is 6.61 Å². The van der Waals surface area contributed by atoms with Crippen LogP contribution in [0.25, 0.3) is 0 Å². The van der Waals surface area contributed by atoms with Gasteiger partial charge in [-0.15, -0.1) is 0 Å². The molecule has 1 saturated carbocycles. The van der Waals surface area contributed by atoms with Gasteiger partial charge in [0.25, 0.3) is 11.8 Å². The quantitative estimate of drug-likeness (QED) is 0.550. The lowest BCUT2D eigenvalue weighted by molar-refractivity contribution is -0.151. The number of carbonyl (C=O) groups is 4. The second-order valence-corrected chi connectivity index (χ2v) is 7.25. The Bertz CT molecular complexity index is 760. The van der Waals surface area contributed by atoms with E-state index in [0.717, 1.165) is 25.7 Å². The molecular formula is C20H25N3O5. The molecule has 0 spiro atoms. The maximum Gasteiger partial charge on any atom is 0.344 e. The minimum atomic E-state index is -1.23. The molecule has 1 aromatic rings. The van der Waals surface area contributed by atoms with Gasteiger partial charge in [-0.2, -0.15) is 5.01 Å². The summed E-state index contributed by atoms with van der Waals surface area (Å²) in [7, 11) is 0. The molecule has 8 nitrogen and oxygen atoms in total.